The van der Waals surface area contributed by atoms with Crippen LogP contribution >= 0.6 is 11.3 Å². The Balaban J connectivity index is 0.000000345. The highest BCUT2D eigenvalue weighted by atomic mass is 32.2. The number of carbonyl (C=O) groups is 4. The van der Waals surface area contributed by atoms with Crippen molar-refractivity contribution < 1.29 is 151 Å². The van der Waals surface area contributed by atoms with Gasteiger partial charge in [0.15, 0.2) is 0 Å². The molecule has 0 aliphatic heterocycles. The summed E-state index contributed by atoms with van der Waals surface area (Å²) in [5.41, 5.74) is -1.07. The number of aryl methyl sites for hydroxylation is 6. The smallest absolute Gasteiger partial charge is 0.416 e. The molecule has 820 valence electrons. The molecular formula is C101H135F13N8O20S5. The Morgan fingerprint density at radius 2 is 0.612 bits per heavy atom. The number of likely N-dealkylation sites (N-methyl/N-ethyl adjacent to an activating group) is 4. The fourth-order valence-electron chi connectivity index (χ4n) is 15.1. The van der Waals surface area contributed by atoms with Gasteiger partial charge >= 0.3 is 48.6 Å². The van der Waals surface area contributed by atoms with Crippen molar-refractivity contribution in [2.24, 2.45) is 0 Å². The lowest BCUT2D eigenvalue weighted by Crippen LogP contribution is -2.47. The molecule has 4 atom stereocenters. The fraction of sp³-hybridized carbons (Fsp3) is 0.505. The van der Waals surface area contributed by atoms with Crippen LogP contribution in [0.1, 0.15) is 199 Å². The van der Waals surface area contributed by atoms with Crippen molar-refractivity contribution in [1.82, 2.24) is 38.5 Å². The van der Waals surface area contributed by atoms with Gasteiger partial charge in [0.1, 0.15) is 5.82 Å². The molecule has 0 unspecified atom stereocenters. The number of halogens is 13. The molecule has 46 heteroatoms. The number of sulfonamides is 4. The van der Waals surface area contributed by atoms with E-state index in [4.69, 9.17) is 20.4 Å². The second-order valence-electron chi connectivity index (χ2n) is 39.0. The van der Waals surface area contributed by atoms with Gasteiger partial charge in [-0.2, -0.15) is 81.2 Å². The largest absolute Gasteiger partial charge is 0.481 e. The first-order valence-corrected chi connectivity index (χ1v) is 53.5. The third-order valence-electron chi connectivity index (χ3n) is 23.4. The Labute approximate surface area is 855 Å². The molecule has 1 aromatic heterocycles. The zero-order valence-corrected chi connectivity index (χ0v) is 88.3. The van der Waals surface area contributed by atoms with Crippen molar-refractivity contribution in [3.8, 4) is 0 Å². The van der Waals surface area contributed by atoms with Crippen molar-refractivity contribution >= 4 is 75.3 Å². The van der Waals surface area contributed by atoms with Crippen LogP contribution in [0.3, 0.4) is 0 Å². The first-order valence-electron chi connectivity index (χ1n) is 46.8. The average Bonchev–Trinajstić information content (AvgIpc) is 1.06. The van der Waals surface area contributed by atoms with Gasteiger partial charge in [0, 0.05) is 128 Å². The van der Waals surface area contributed by atoms with Crippen molar-refractivity contribution in [3.05, 3.63) is 247 Å². The van der Waals surface area contributed by atoms with E-state index < -0.39 is 198 Å². The standard InChI is InChI=1S/C27H37F3N2O5S.C26H35F3N2O5S.C24H30F4N2O5S.C24H33F3N2O5S2/c1-18(2)21-9-6-19(7-10-21)15-26(3,4)31-16-23(33)17-32(5)38(36,37)24-13-20(8-11-25(34)35)12-22(14-24)27(28,29)30;1-25(2,13-7-10-19-8-5-4-6-9-19)30-17-22(32)18-31(3)37(35,36)23-15-20(11-12-24(33)34)14-21(16-23)26(27,28)29;1-23(2,13-17-5-4-6-19(25)10-17)29-14-20(31)15-30(3)36(34,35)21-11-16(7-8-22(32)33)9-18(12-21)24(26,27)28;1-23(2,9-4-5-17-8-10-35-16-17)28-14-20(30)15-29(3)36(33,34)21-12-18(6-7-22(31)32)11-19(13-21)24(25,26)27/h6-7,9-10,12-14,18,23,31,33H,8,11,15-17H2,1-5H3,(H,34,35);4-6,8-9,14-16,22,30,32H,7,10-13,17-18H2,1-3H3,(H,33,34);4-6,9-12,20,29,31H,7-8,13-15H2,1-3H3,(H,32,33);8,10-13,16,20,28,30H,4-7,9,14-15H2,1-3H3,(H,31,32)/t23-;22-;2*20-/m1111/s1. The number of hydrogen-bond donors (Lipinski definition) is 12. The summed E-state index contributed by atoms with van der Waals surface area (Å²) >= 11 is 1.64. The Morgan fingerprint density at radius 3 is 0.878 bits per heavy atom. The Bertz CT molecular complexity index is 6070. The van der Waals surface area contributed by atoms with Crippen molar-refractivity contribution in [1.29, 1.82) is 0 Å². The second-order valence-corrected chi connectivity index (χ2v) is 48.0. The molecule has 0 aliphatic rings. The summed E-state index contributed by atoms with van der Waals surface area (Å²) in [7, 11) is -12.9. The molecule has 0 fully saturated rings. The molecule has 0 saturated carbocycles. The van der Waals surface area contributed by atoms with Gasteiger partial charge in [-0.1, -0.05) is 80.6 Å². The molecule has 0 amide bonds. The Morgan fingerprint density at radius 1 is 0.333 bits per heavy atom. The SMILES string of the molecule is CC(C)c1ccc(CC(C)(C)NC[C@@H](O)CN(C)S(=O)(=O)c2cc(CCC(=O)O)cc(C(F)(F)F)c2)cc1.CN(C[C@H](O)CNC(C)(C)CCCc1ccccc1)S(=O)(=O)c1cc(CCC(=O)O)cc(C(F)(F)F)c1.CN(C[C@H](O)CNC(C)(C)CCCc1ccsc1)S(=O)(=O)c1cc(CCC(=O)O)cc(C(F)(F)F)c1.CN(C[C@H](O)CNC(C)(C)Cc1cccc(F)c1)S(=O)(=O)c1cc(CCC(=O)O)cc(C(F)(F)F)c1. The van der Waals surface area contributed by atoms with Gasteiger partial charge in [-0.05, 0) is 290 Å². The highest BCUT2D eigenvalue weighted by Crippen LogP contribution is 2.39. The summed E-state index contributed by atoms with van der Waals surface area (Å²) in [5, 5.41) is 94.1. The van der Waals surface area contributed by atoms with Gasteiger partial charge in [0.05, 0.1) is 66.3 Å². The first kappa shape index (κ1) is 128. The highest BCUT2D eigenvalue weighted by molar-refractivity contribution is 7.90. The number of carboxylic acid groups (broad SMARTS) is 4. The fourth-order valence-corrected chi connectivity index (χ4v) is 21.1. The lowest BCUT2D eigenvalue weighted by atomic mass is 9.93. The summed E-state index contributed by atoms with van der Waals surface area (Å²) in [6, 6.07) is 35.6. The van der Waals surface area contributed by atoms with Crippen LogP contribution in [-0.2, 0) is 135 Å². The molecule has 0 aliphatic carbocycles. The number of carboxylic acids is 4. The van der Waals surface area contributed by atoms with E-state index in [1.807, 2.05) is 79.0 Å². The maximum Gasteiger partial charge on any atom is 0.416 e. The average molecular weight is 2190 g/mol. The van der Waals surface area contributed by atoms with Crippen LogP contribution < -0.4 is 21.3 Å². The van der Waals surface area contributed by atoms with Gasteiger partial charge in [-0.25, -0.2) is 38.1 Å². The number of nitrogens with one attached hydrogen (secondary N) is 4. The maximum absolute atomic E-state index is 13.4. The summed E-state index contributed by atoms with van der Waals surface area (Å²) in [6.07, 6.45) is -20.2. The molecule has 7 aromatic carbocycles. The molecule has 147 heavy (non-hydrogen) atoms. The number of aliphatic carboxylic acids is 4. The normalized spacial score (nSPS) is 13.7. The maximum atomic E-state index is 13.4. The molecule has 1 heterocycles. The van der Waals surface area contributed by atoms with Gasteiger partial charge in [-0.3, -0.25) is 19.2 Å². The number of aliphatic hydroxyl groups is 4. The predicted octanol–water partition coefficient (Wildman–Crippen LogP) is 16.1. The lowest BCUT2D eigenvalue weighted by molar-refractivity contribution is -0.138. The summed E-state index contributed by atoms with van der Waals surface area (Å²) in [4.78, 5) is 40.9. The van der Waals surface area contributed by atoms with E-state index in [0.29, 0.717) is 43.0 Å². The third-order valence-corrected chi connectivity index (χ3v) is 31.4. The van der Waals surface area contributed by atoms with Gasteiger partial charge in [0.25, 0.3) is 0 Å². The number of β-amino-alcohol motifs (C(OH)–C–C–N with tert-alkyl or cyclic N) is 4. The van der Waals surface area contributed by atoms with Crippen molar-refractivity contribution in [2.45, 2.75) is 269 Å². The Hall–Kier alpha value is -9.47. The number of hydrogen-bond acceptors (Lipinski definition) is 21. The molecule has 28 nitrogen and oxygen atoms in total. The minimum Gasteiger partial charge on any atom is -0.481 e. The van der Waals surface area contributed by atoms with Crippen LogP contribution in [-0.4, -0.2) is 243 Å². The topological polar surface area (TPSA) is 428 Å². The van der Waals surface area contributed by atoms with E-state index in [2.05, 4.69) is 83.0 Å². The predicted molar refractivity (Wildman–Crippen MR) is 532 cm³/mol. The highest BCUT2D eigenvalue weighted by Gasteiger charge is 2.40. The Kier molecular flexibility index (Phi) is 48.3. The van der Waals surface area contributed by atoms with Crippen LogP contribution in [0.5, 0.6) is 0 Å². The van der Waals surface area contributed by atoms with Crippen molar-refractivity contribution in [3.63, 3.8) is 0 Å². The lowest BCUT2D eigenvalue weighted by Gasteiger charge is -2.29. The van der Waals surface area contributed by atoms with E-state index in [9.17, 15) is 130 Å². The zero-order valence-electron chi connectivity index (χ0n) is 84.2. The quantitative estimate of drug-likeness (QED) is 0.0158. The van der Waals surface area contributed by atoms with E-state index in [1.54, 1.807) is 23.5 Å². The molecule has 0 spiro atoms. The van der Waals surface area contributed by atoms with Gasteiger partial charge in [-0.15, -0.1) is 0 Å². The first-order chi connectivity index (χ1) is 67.6. The number of nitrogens with zero attached hydrogens (tertiary/aromatic N) is 4. The summed E-state index contributed by atoms with van der Waals surface area (Å²) in [5.74, 6) is -4.82. The number of aliphatic hydroxyl groups excluding tert-OH is 4. The second kappa shape index (κ2) is 55.5. The van der Waals surface area contributed by atoms with E-state index in [1.165, 1.54) is 50.0 Å². The number of rotatable bonds is 53. The van der Waals surface area contributed by atoms with Crippen LogP contribution in [0.15, 0.2) is 188 Å². The summed E-state index contributed by atoms with van der Waals surface area (Å²) < 4.78 is 281. The molecule has 0 saturated heterocycles. The minimum absolute atomic E-state index is 0.0331. The van der Waals surface area contributed by atoms with Crippen LogP contribution in [0, 0.1) is 5.82 Å². The van der Waals surface area contributed by atoms with E-state index in [-0.39, 0.29) is 111 Å². The van der Waals surface area contributed by atoms with Crippen LogP contribution in [0.25, 0.3) is 0 Å². The minimum atomic E-state index is -4.83. The number of benzene rings is 7. The third kappa shape index (κ3) is 45.3. The molecule has 0 radical (unpaired) electrons. The van der Waals surface area contributed by atoms with E-state index >= 15 is 0 Å². The molecule has 12 N–H and O–H groups in total. The monoisotopic (exact) mass is 2190 g/mol. The number of thiophene rings is 1. The van der Waals surface area contributed by atoms with Gasteiger partial charge in [0.2, 0.25) is 40.1 Å². The van der Waals surface area contributed by atoms with Crippen molar-refractivity contribution in [2.75, 3.05) is 80.5 Å². The van der Waals surface area contributed by atoms with Gasteiger partial charge < -0.3 is 62.1 Å². The molecule has 8 rings (SSSR count). The summed E-state index contributed by atoms with van der Waals surface area (Å²) in [6.45, 7) is 18.5. The molecule has 0 bridgehead atoms. The number of alkyl halides is 12. The van der Waals surface area contributed by atoms with Crippen LogP contribution in [0.4, 0.5) is 57.1 Å². The van der Waals surface area contributed by atoms with Crippen LogP contribution in [0.2, 0.25) is 0 Å². The zero-order chi connectivity index (χ0) is 111. The molecular weight excluding hydrogens is 2050 g/mol. The molecule has 8 aromatic rings. The van der Waals surface area contributed by atoms with E-state index in [0.717, 1.165) is 122 Å².